The summed E-state index contributed by atoms with van der Waals surface area (Å²) in [5.41, 5.74) is 17.0. The Bertz CT molecular complexity index is 3050. The molecular weight excluding hydrogens is 725 g/mol. The Morgan fingerprint density at radius 2 is 0.833 bits per heavy atom. The van der Waals surface area contributed by atoms with Crippen molar-refractivity contribution in [1.82, 2.24) is 0 Å². The number of rotatable bonds is 8. The van der Waals surface area contributed by atoms with Gasteiger partial charge in [0.25, 0.3) is 0 Å². The first-order chi connectivity index (χ1) is 29.7. The SMILES string of the molecule is C=C1/C=C\C=C/N(c2ccccc2-c2ccc(N(c3ccc(-c4ccccc4-c4ccccc4)cc3)c3cccc(-c4ccc5ccccc5c4)c3)cc2)c2ccccc21. The van der Waals surface area contributed by atoms with E-state index in [4.69, 9.17) is 0 Å². The van der Waals surface area contributed by atoms with Crippen molar-refractivity contribution in [2.75, 3.05) is 9.80 Å². The second-order valence-corrected chi connectivity index (χ2v) is 15.1. The van der Waals surface area contributed by atoms with E-state index in [0.717, 1.165) is 50.7 Å². The number of fused-ring (bicyclic) bond motifs is 2. The van der Waals surface area contributed by atoms with Gasteiger partial charge in [0.2, 0.25) is 0 Å². The summed E-state index contributed by atoms with van der Waals surface area (Å²) in [4.78, 5) is 4.64. The molecule has 1 aliphatic rings. The van der Waals surface area contributed by atoms with Crippen molar-refractivity contribution in [3.05, 3.63) is 255 Å². The van der Waals surface area contributed by atoms with Crippen molar-refractivity contribution in [2.24, 2.45) is 0 Å². The molecule has 0 atom stereocenters. The normalized spacial score (nSPS) is 13.3. The highest BCUT2D eigenvalue weighted by molar-refractivity contribution is 5.92. The van der Waals surface area contributed by atoms with Crippen LogP contribution in [0.3, 0.4) is 0 Å². The smallest absolute Gasteiger partial charge is 0.0534 e. The van der Waals surface area contributed by atoms with Crippen LogP contribution >= 0.6 is 0 Å². The molecule has 1 heterocycles. The van der Waals surface area contributed by atoms with Crippen molar-refractivity contribution in [3.63, 3.8) is 0 Å². The first-order valence-electron chi connectivity index (χ1n) is 20.4. The average Bonchev–Trinajstić information content (AvgIpc) is 3.32. The molecule has 0 aliphatic carbocycles. The number of para-hydroxylation sites is 2. The van der Waals surface area contributed by atoms with E-state index in [1.54, 1.807) is 0 Å². The van der Waals surface area contributed by atoms with Crippen LogP contribution in [-0.2, 0) is 0 Å². The lowest BCUT2D eigenvalue weighted by molar-refractivity contribution is 1.26. The highest BCUT2D eigenvalue weighted by Crippen LogP contribution is 2.43. The van der Waals surface area contributed by atoms with E-state index in [-0.39, 0.29) is 0 Å². The Balaban J connectivity index is 1.06. The van der Waals surface area contributed by atoms with Crippen molar-refractivity contribution >= 4 is 44.8 Å². The van der Waals surface area contributed by atoms with Gasteiger partial charge in [0, 0.05) is 34.4 Å². The van der Waals surface area contributed by atoms with E-state index in [1.807, 2.05) is 0 Å². The van der Waals surface area contributed by atoms with Gasteiger partial charge in [-0.15, -0.1) is 0 Å². The molecule has 60 heavy (non-hydrogen) atoms. The molecule has 0 spiro atoms. The number of allylic oxidation sites excluding steroid dienone is 4. The lowest BCUT2D eigenvalue weighted by Crippen LogP contribution is -2.12. The van der Waals surface area contributed by atoms with Crippen LogP contribution in [0.15, 0.2) is 249 Å². The zero-order valence-corrected chi connectivity index (χ0v) is 33.2. The first kappa shape index (κ1) is 36.4. The van der Waals surface area contributed by atoms with Crippen molar-refractivity contribution < 1.29 is 0 Å². The average molecular weight is 767 g/mol. The molecule has 0 amide bonds. The number of benzene rings is 9. The third kappa shape index (κ3) is 7.12. The van der Waals surface area contributed by atoms with Crippen molar-refractivity contribution in [1.29, 1.82) is 0 Å². The Kier molecular flexibility index (Phi) is 9.79. The number of anilines is 5. The zero-order chi connectivity index (χ0) is 40.3. The molecule has 0 bridgehead atoms. The van der Waals surface area contributed by atoms with Crippen LogP contribution in [0, 0.1) is 0 Å². The summed E-state index contributed by atoms with van der Waals surface area (Å²) in [6.45, 7) is 4.36. The van der Waals surface area contributed by atoms with E-state index >= 15 is 0 Å². The van der Waals surface area contributed by atoms with E-state index in [0.29, 0.717) is 0 Å². The third-order valence-corrected chi connectivity index (χ3v) is 11.4. The maximum Gasteiger partial charge on any atom is 0.0534 e. The van der Waals surface area contributed by atoms with Gasteiger partial charge in [-0.1, -0.05) is 183 Å². The van der Waals surface area contributed by atoms with Gasteiger partial charge in [0.05, 0.1) is 11.4 Å². The lowest BCUT2D eigenvalue weighted by Gasteiger charge is -2.28. The maximum absolute atomic E-state index is 4.36. The van der Waals surface area contributed by atoms with Gasteiger partial charge in [-0.25, -0.2) is 0 Å². The fraction of sp³-hybridized carbons (Fsp3) is 0. The quantitative estimate of drug-likeness (QED) is 0.152. The topological polar surface area (TPSA) is 6.48 Å². The molecule has 0 N–H and O–H groups in total. The van der Waals surface area contributed by atoms with E-state index in [9.17, 15) is 0 Å². The minimum atomic E-state index is 0.986. The Morgan fingerprint density at radius 3 is 1.53 bits per heavy atom. The minimum absolute atomic E-state index is 0.986. The van der Waals surface area contributed by atoms with Crippen molar-refractivity contribution in [2.45, 2.75) is 0 Å². The standard InChI is InChI=1S/C58H42N2/c1-42-16-13-14-39-59(57-27-11-9-23-53(42)57)58-28-12-10-26-56(58)46-33-37-51(38-34-46)60(52-22-15-21-48(41-52)49-30-29-43-17-5-6-20-47(43)40-49)50-35-31-45(32-36-50)55-25-8-7-24-54(55)44-18-3-2-4-19-44/h2-41H,1H2/b16-13-,39-14-. The summed E-state index contributed by atoms with van der Waals surface area (Å²) in [6.07, 6.45) is 8.34. The van der Waals surface area contributed by atoms with Crippen LogP contribution in [0.1, 0.15) is 5.56 Å². The summed E-state index contributed by atoms with van der Waals surface area (Å²) in [5, 5.41) is 2.47. The molecule has 0 saturated carbocycles. The van der Waals surface area contributed by atoms with Gasteiger partial charge in [-0.05, 0) is 116 Å². The summed E-state index contributed by atoms with van der Waals surface area (Å²) < 4.78 is 0. The fourth-order valence-corrected chi connectivity index (χ4v) is 8.40. The number of nitrogens with zero attached hydrogens (tertiary/aromatic N) is 2. The number of hydrogen-bond acceptors (Lipinski definition) is 2. The summed E-state index contributed by atoms with van der Waals surface area (Å²) in [5.74, 6) is 0. The fourth-order valence-electron chi connectivity index (χ4n) is 8.40. The van der Waals surface area contributed by atoms with E-state index < -0.39 is 0 Å². The lowest BCUT2D eigenvalue weighted by atomic mass is 9.94. The zero-order valence-electron chi connectivity index (χ0n) is 33.2. The van der Waals surface area contributed by atoms with Gasteiger partial charge >= 0.3 is 0 Å². The molecule has 0 saturated heterocycles. The second-order valence-electron chi connectivity index (χ2n) is 15.1. The highest BCUT2D eigenvalue weighted by atomic mass is 15.1. The predicted octanol–water partition coefficient (Wildman–Crippen LogP) is 16.2. The molecule has 2 heteroatoms. The van der Waals surface area contributed by atoms with Crippen LogP contribution < -0.4 is 9.80 Å². The van der Waals surface area contributed by atoms with E-state index in [1.165, 1.54) is 44.2 Å². The summed E-state index contributed by atoms with van der Waals surface area (Å²) >= 11 is 0. The Morgan fingerprint density at radius 1 is 0.333 bits per heavy atom. The van der Waals surface area contributed by atoms with Gasteiger partial charge in [0.15, 0.2) is 0 Å². The molecule has 0 aromatic heterocycles. The number of hydrogen-bond donors (Lipinski definition) is 0. The second kappa shape index (κ2) is 16.1. The monoisotopic (exact) mass is 766 g/mol. The molecule has 0 unspecified atom stereocenters. The Hall–Kier alpha value is -7.94. The molecule has 9 aromatic carbocycles. The molecule has 0 fully saturated rings. The third-order valence-electron chi connectivity index (χ3n) is 11.4. The first-order valence-corrected chi connectivity index (χ1v) is 20.4. The molecular formula is C58H42N2. The molecule has 0 radical (unpaired) electrons. The van der Waals surface area contributed by atoms with Crippen LogP contribution in [0.25, 0.3) is 60.9 Å². The molecule has 1 aliphatic heterocycles. The predicted molar refractivity (Wildman–Crippen MR) is 256 cm³/mol. The minimum Gasteiger partial charge on any atom is -0.316 e. The van der Waals surface area contributed by atoms with Gasteiger partial charge in [-0.2, -0.15) is 0 Å². The highest BCUT2D eigenvalue weighted by Gasteiger charge is 2.19. The van der Waals surface area contributed by atoms with Gasteiger partial charge < -0.3 is 9.80 Å². The molecule has 9 aromatic rings. The van der Waals surface area contributed by atoms with Crippen LogP contribution in [0.5, 0.6) is 0 Å². The van der Waals surface area contributed by atoms with E-state index in [2.05, 4.69) is 259 Å². The van der Waals surface area contributed by atoms with Crippen LogP contribution in [-0.4, -0.2) is 0 Å². The van der Waals surface area contributed by atoms with Gasteiger partial charge in [0.1, 0.15) is 0 Å². The maximum atomic E-state index is 4.36. The van der Waals surface area contributed by atoms with Gasteiger partial charge in [-0.3, -0.25) is 0 Å². The largest absolute Gasteiger partial charge is 0.316 e. The summed E-state index contributed by atoms with van der Waals surface area (Å²) in [6, 6.07) is 78.5. The van der Waals surface area contributed by atoms with Crippen molar-refractivity contribution in [3.8, 4) is 44.5 Å². The summed E-state index contributed by atoms with van der Waals surface area (Å²) in [7, 11) is 0. The van der Waals surface area contributed by atoms with Crippen LogP contribution in [0.2, 0.25) is 0 Å². The molecule has 2 nitrogen and oxygen atoms in total. The van der Waals surface area contributed by atoms with Crippen LogP contribution in [0.4, 0.5) is 28.4 Å². The molecule has 10 rings (SSSR count). The Labute approximate surface area is 352 Å². The molecule has 284 valence electrons.